The summed E-state index contributed by atoms with van der Waals surface area (Å²) < 4.78 is 9.99. The van der Waals surface area contributed by atoms with Gasteiger partial charge in [-0.2, -0.15) is 0 Å². The molecule has 1 aliphatic heterocycles. The fourth-order valence-corrected chi connectivity index (χ4v) is 3.86. The molecule has 0 saturated carbocycles. The molecule has 0 aliphatic carbocycles. The van der Waals surface area contributed by atoms with Crippen molar-refractivity contribution in [2.75, 3.05) is 38.2 Å². The Kier molecular flexibility index (Phi) is 8.65. The molecule has 1 saturated heterocycles. The van der Waals surface area contributed by atoms with Crippen molar-refractivity contribution in [3.63, 3.8) is 0 Å². The number of benzene rings is 1. The lowest BCUT2D eigenvalue weighted by Gasteiger charge is -2.20. The highest BCUT2D eigenvalue weighted by Crippen LogP contribution is 2.34. The molecule has 0 unspecified atom stereocenters. The zero-order valence-electron chi connectivity index (χ0n) is 18.3. The van der Waals surface area contributed by atoms with Gasteiger partial charge >= 0.3 is 5.95 Å². The quantitative estimate of drug-likeness (QED) is 0.316. The maximum atomic E-state index is 5.66. The van der Waals surface area contributed by atoms with Crippen molar-refractivity contribution in [2.45, 2.75) is 51.6 Å². The van der Waals surface area contributed by atoms with E-state index in [4.69, 9.17) is 10.5 Å². The van der Waals surface area contributed by atoms with Crippen LogP contribution in [0.4, 0.5) is 17.3 Å². The third-order valence-electron chi connectivity index (χ3n) is 5.56. The van der Waals surface area contributed by atoms with Gasteiger partial charge in [-0.1, -0.05) is 5.11 Å². The Bertz CT molecular complexity index is 784. The topological polar surface area (TPSA) is 99.7 Å². The Labute approximate surface area is 179 Å². The minimum absolute atomic E-state index is 0.713. The van der Waals surface area contributed by atoms with E-state index in [1.165, 1.54) is 12.8 Å². The third kappa shape index (κ3) is 5.79. The number of ether oxygens (including phenoxy) is 1. The van der Waals surface area contributed by atoms with E-state index in [9.17, 15) is 0 Å². The van der Waals surface area contributed by atoms with Gasteiger partial charge in [0, 0.05) is 24.3 Å². The first-order valence-corrected chi connectivity index (χ1v) is 11.2. The molecule has 8 heteroatoms. The van der Waals surface area contributed by atoms with Crippen LogP contribution in [-0.4, -0.2) is 37.9 Å². The molecule has 2 aromatic rings. The number of quaternary nitrogens is 1. The van der Waals surface area contributed by atoms with Crippen LogP contribution in [0, 0.1) is 0 Å². The first kappa shape index (κ1) is 22.2. The van der Waals surface area contributed by atoms with Gasteiger partial charge in [-0.15, -0.1) is 0 Å². The van der Waals surface area contributed by atoms with Gasteiger partial charge in [-0.05, 0) is 57.2 Å². The summed E-state index contributed by atoms with van der Waals surface area (Å²) in [6.07, 6.45) is 10.9. The predicted octanol–water partition coefficient (Wildman–Crippen LogP) is 2.56. The van der Waals surface area contributed by atoms with Gasteiger partial charge in [0.1, 0.15) is 11.4 Å². The molecule has 1 aromatic heterocycles. The average molecular weight is 416 g/mol. The molecule has 0 radical (unpaired) electrons. The molecule has 1 aliphatic rings. The number of hydrogen-bond donors (Lipinski definition) is 2. The summed E-state index contributed by atoms with van der Waals surface area (Å²) in [5.74, 6) is 1.73. The molecule has 30 heavy (non-hydrogen) atoms. The number of azo groups is 1. The smallest absolute Gasteiger partial charge is 0.421 e. The minimum Gasteiger partial charge on any atom is -0.495 e. The van der Waals surface area contributed by atoms with Crippen LogP contribution in [0.15, 0.2) is 40.8 Å². The summed E-state index contributed by atoms with van der Waals surface area (Å²) in [6, 6.07) is 6.10. The van der Waals surface area contributed by atoms with Crippen molar-refractivity contribution in [1.29, 1.82) is 0 Å². The van der Waals surface area contributed by atoms with E-state index in [0.29, 0.717) is 6.54 Å². The van der Waals surface area contributed by atoms with Crippen LogP contribution in [0.3, 0.4) is 0 Å². The first-order valence-electron chi connectivity index (χ1n) is 11.2. The number of anilines is 1. The molecule has 5 N–H and O–H groups in total. The molecule has 3 rings (SSSR count). The molecule has 8 nitrogen and oxygen atoms in total. The minimum atomic E-state index is 0.713. The van der Waals surface area contributed by atoms with Crippen molar-refractivity contribution >= 4 is 17.3 Å². The van der Waals surface area contributed by atoms with Gasteiger partial charge in [0.05, 0.1) is 44.8 Å². The van der Waals surface area contributed by atoms with Crippen LogP contribution in [0.5, 0.6) is 5.75 Å². The fourth-order valence-electron chi connectivity index (χ4n) is 3.86. The normalized spacial score (nSPS) is 14.2. The lowest BCUT2D eigenvalue weighted by Crippen LogP contribution is -2.50. The van der Waals surface area contributed by atoms with Crippen LogP contribution in [0.25, 0.3) is 0 Å². The summed E-state index contributed by atoms with van der Waals surface area (Å²) in [5, 5.41) is 9.18. The van der Waals surface area contributed by atoms with E-state index in [2.05, 4.69) is 48.5 Å². The second kappa shape index (κ2) is 11.7. The second-order valence-corrected chi connectivity index (χ2v) is 7.79. The van der Waals surface area contributed by atoms with Gasteiger partial charge in [0.2, 0.25) is 0 Å². The molecular weight excluding hydrogens is 378 g/mol. The van der Waals surface area contributed by atoms with Gasteiger partial charge < -0.3 is 21.1 Å². The Morgan fingerprint density at radius 2 is 1.97 bits per heavy atom. The highest BCUT2D eigenvalue weighted by molar-refractivity contribution is 5.64. The summed E-state index contributed by atoms with van der Waals surface area (Å²) in [4.78, 5) is 2.37. The molecular formula is C22H37N7O+2. The Balaban J connectivity index is 1.79. The number of unbranched alkanes of at least 4 members (excludes halogenated alkanes) is 2. The van der Waals surface area contributed by atoms with Gasteiger partial charge in [-0.25, -0.2) is 9.13 Å². The zero-order valence-corrected chi connectivity index (χ0v) is 18.3. The van der Waals surface area contributed by atoms with Crippen molar-refractivity contribution < 1.29 is 15.0 Å². The predicted molar refractivity (Wildman–Crippen MR) is 119 cm³/mol. The first-order chi connectivity index (χ1) is 14.8. The molecule has 1 fully saturated rings. The average Bonchev–Trinajstić information content (AvgIpc) is 3.43. The number of aromatic nitrogens is 2. The molecule has 0 amide bonds. The number of methoxy groups -OCH3 is 1. The van der Waals surface area contributed by atoms with Crippen LogP contribution in [-0.2, 0) is 13.1 Å². The van der Waals surface area contributed by atoms with Crippen molar-refractivity contribution in [3.05, 3.63) is 30.6 Å². The SMILES string of the molecule is COc1cc(N=Nc2n(CCCC[NH3+])cc[n+]2CCCCN)ccc1N1CCCC1. The molecule has 0 spiro atoms. The van der Waals surface area contributed by atoms with E-state index in [1.54, 1.807) is 7.11 Å². The molecule has 1 aromatic carbocycles. The standard InChI is InChI=1S/C22H36N7O/c1-30-21-18-19(8-9-20(21)27-12-6-7-13-27)25-26-22-28(14-4-2-10-23)16-17-29(22)15-5-3-11-24/h8-9,16-18H,2-7,10-15,23-24H2,1H3/q+1/p+1. The monoisotopic (exact) mass is 415 g/mol. The van der Waals surface area contributed by atoms with Crippen LogP contribution < -0.4 is 25.7 Å². The summed E-state index contributed by atoms with van der Waals surface area (Å²) in [5.41, 5.74) is 11.5. The van der Waals surface area contributed by atoms with Crippen LogP contribution in [0.1, 0.15) is 38.5 Å². The van der Waals surface area contributed by atoms with E-state index in [1.807, 2.05) is 12.1 Å². The third-order valence-corrected chi connectivity index (χ3v) is 5.56. The van der Waals surface area contributed by atoms with E-state index in [-0.39, 0.29) is 0 Å². The van der Waals surface area contributed by atoms with Crippen molar-refractivity contribution in [3.8, 4) is 5.75 Å². The highest BCUT2D eigenvalue weighted by atomic mass is 16.5. The summed E-state index contributed by atoms with van der Waals surface area (Å²) in [7, 11) is 1.72. The number of hydrogen-bond acceptors (Lipinski definition) is 5. The summed E-state index contributed by atoms with van der Waals surface area (Å²) in [6.45, 7) is 5.65. The van der Waals surface area contributed by atoms with E-state index in [0.717, 1.165) is 81.5 Å². The number of aryl methyl sites for hydroxylation is 2. The Hall–Kier alpha value is -2.45. The van der Waals surface area contributed by atoms with Crippen molar-refractivity contribution in [2.24, 2.45) is 16.0 Å². The van der Waals surface area contributed by atoms with Crippen LogP contribution in [0.2, 0.25) is 0 Å². The number of nitrogens with zero attached hydrogens (tertiary/aromatic N) is 5. The summed E-state index contributed by atoms with van der Waals surface area (Å²) >= 11 is 0. The maximum absolute atomic E-state index is 5.66. The number of imidazole rings is 1. The Morgan fingerprint density at radius 1 is 1.13 bits per heavy atom. The molecule has 0 bridgehead atoms. The van der Waals surface area contributed by atoms with Gasteiger partial charge in [0.25, 0.3) is 0 Å². The van der Waals surface area contributed by atoms with E-state index >= 15 is 0 Å². The zero-order chi connectivity index (χ0) is 21.2. The highest BCUT2D eigenvalue weighted by Gasteiger charge is 2.19. The number of rotatable bonds is 12. The molecule has 164 valence electrons. The second-order valence-electron chi connectivity index (χ2n) is 7.79. The molecule has 0 atom stereocenters. The van der Waals surface area contributed by atoms with Gasteiger partial charge in [-0.3, -0.25) is 0 Å². The lowest BCUT2D eigenvalue weighted by atomic mass is 10.2. The van der Waals surface area contributed by atoms with Crippen molar-refractivity contribution in [1.82, 2.24) is 4.57 Å². The maximum Gasteiger partial charge on any atom is 0.421 e. The van der Waals surface area contributed by atoms with E-state index < -0.39 is 0 Å². The number of nitrogens with two attached hydrogens (primary N) is 1. The molecule has 2 heterocycles. The van der Waals surface area contributed by atoms with Crippen LogP contribution >= 0.6 is 0 Å². The van der Waals surface area contributed by atoms with Gasteiger partial charge in [0.15, 0.2) is 0 Å². The largest absolute Gasteiger partial charge is 0.495 e. The lowest BCUT2D eigenvalue weighted by molar-refractivity contribution is -0.684. The Morgan fingerprint density at radius 3 is 2.70 bits per heavy atom. The fraction of sp³-hybridized carbons (Fsp3) is 0.591.